The van der Waals surface area contributed by atoms with Gasteiger partial charge in [0.05, 0.1) is 19.3 Å². The second-order valence-corrected chi connectivity index (χ2v) is 5.45. The van der Waals surface area contributed by atoms with Crippen molar-refractivity contribution in [3.05, 3.63) is 64.4 Å². The van der Waals surface area contributed by atoms with Crippen molar-refractivity contribution in [2.75, 3.05) is 13.7 Å². The van der Waals surface area contributed by atoms with Crippen molar-refractivity contribution in [3.63, 3.8) is 0 Å². The van der Waals surface area contributed by atoms with Gasteiger partial charge in [0.2, 0.25) is 0 Å². The number of amides is 2. The molecule has 2 N–H and O–H groups in total. The number of methoxy groups -OCH3 is 1. The van der Waals surface area contributed by atoms with Crippen LogP contribution in [0.5, 0.6) is 0 Å². The van der Waals surface area contributed by atoms with Crippen LogP contribution in [0.4, 0.5) is 4.79 Å². The number of carbonyl (C=O) groups excluding carboxylic acids is 2. The Morgan fingerprint density at radius 1 is 1.17 bits per heavy atom. The molecule has 0 bridgehead atoms. The maximum atomic E-state index is 12.2. The average molecular weight is 348 g/mol. The van der Waals surface area contributed by atoms with E-state index in [9.17, 15) is 9.59 Å². The molecule has 0 radical (unpaired) electrons. The fourth-order valence-corrected chi connectivity index (χ4v) is 2.15. The molecule has 126 valence electrons. The molecule has 0 aliphatic heterocycles. The zero-order valence-electron chi connectivity index (χ0n) is 13.2. The Bertz CT molecular complexity index is 704. The van der Waals surface area contributed by atoms with E-state index in [1.807, 2.05) is 24.3 Å². The molecule has 0 fully saturated rings. The summed E-state index contributed by atoms with van der Waals surface area (Å²) in [7, 11) is 1.29. The Labute approximate surface area is 145 Å². The summed E-state index contributed by atoms with van der Waals surface area (Å²) in [5.41, 5.74) is 2.16. The standard InChI is InChI=1S/C17H18ClN3O3/c1-24-17(23)21-11-15-10-13(7-9-19-15)16(22)20-8-6-12-2-4-14(18)5-3-12/h2-5,7,9-10H,6,8,11H2,1H3,(H,20,22)(H,21,23). The molecule has 1 aromatic heterocycles. The van der Waals surface area contributed by atoms with Crippen LogP contribution >= 0.6 is 11.6 Å². The van der Waals surface area contributed by atoms with Gasteiger partial charge in [0.15, 0.2) is 0 Å². The summed E-state index contributed by atoms with van der Waals surface area (Å²) < 4.78 is 4.49. The van der Waals surface area contributed by atoms with Crippen molar-refractivity contribution in [2.24, 2.45) is 0 Å². The molecule has 1 heterocycles. The molecule has 2 rings (SSSR count). The second-order valence-electron chi connectivity index (χ2n) is 5.01. The quantitative estimate of drug-likeness (QED) is 0.841. The lowest BCUT2D eigenvalue weighted by atomic mass is 10.1. The normalized spacial score (nSPS) is 10.1. The molecule has 1 aromatic carbocycles. The van der Waals surface area contributed by atoms with Gasteiger partial charge in [-0.05, 0) is 36.2 Å². The summed E-state index contributed by atoms with van der Waals surface area (Å²) in [5.74, 6) is -0.189. The first-order valence-electron chi connectivity index (χ1n) is 7.38. The molecule has 0 spiro atoms. The molecule has 0 unspecified atom stereocenters. The van der Waals surface area contributed by atoms with E-state index < -0.39 is 6.09 Å². The van der Waals surface area contributed by atoms with E-state index in [0.717, 1.165) is 5.56 Å². The minimum Gasteiger partial charge on any atom is -0.453 e. The van der Waals surface area contributed by atoms with E-state index in [4.69, 9.17) is 11.6 Å². The third kappa shape index (κ3) is 5.55. The number of aromatic nitrogens is 1. The highest BCUT2D eigenvalue weighted by Gasteiger charge is 2.07. The van der Waals surface area contributed by atoms with Crippen LogP contribution < -0.4 is 10.6 Å². The molecule has 0 atom stereocenters. The number of nitrogens with one attached hydrogen (secondary N) is 2. The molecule has 7 heteroatoms. The van der Waals surface area contributed by atoms with Crippen LogP contribution in [-0.4, -0.2) is 30.6 Å². The van der Waals surface area contributed by atoms with Gasteiger partial charge >= 0.3 is 6.09 Å². The average Bonchev–Trinajstić information content (AvgIpc) is 2.61. The third-order valence-electron chi connectivity index (χ3n) is 3.29. The van der Waals surface area contributed by atoms with E-state index >= 15 is 0 Å². The van der Waals surface area contributed by atoms with Gasteiger partial charge in [-0.3, -0.25) is 9.78 Å². The van der Waals surface area contributed by atoms with Crippen molar-refractivity contribution >= 4 is 23.6 Å². The number of alkyl carbamates (subject to hydrolysis) is 1. The monoisotopic (exact) mass is 347 g/mol. The van der Waals surface area contributed by atoms with Crippen molar-refractivity contribution < 1.29 is 14.3 Å². The van der Waals surface area contributed by atoms with E-state index in [2.05, 4.69) is 20.4 Å². The summed E-state index contributed by atoms with van der Waals surface area (Å²) in [6, 6.07) is 10.8. The Hall–Kier alpha value is -2.60. The minimum absolute atomic E-state index is 0.189. The number of nitrogens with zero attached hydrogens (tertiary/aromatic N) is 1. The highest BCUT2D eigenvalue weighted by atomic mass is 35.5. The largest absolute Gasteiger partial charge is 0.453 e. The van der Waals surface area contributed by atoms with Gasteiger partial charge in [-0.1, -0.05) is 23.7 Å². The lowest BCUT2D eigenvalue weighted by molar-refractivity contribution is 0.0954. The van der Waals surface area contributed by atoms with Crippen molar-refractivity contribution in [3.8, 4) is 0 Å². The maximum Gasteiger partial charge on any atom is 0.407 e. The number of rotatable bonds is 6. The van der Waals surface area contributed by atoms with Crippen LogP contribution in [0.15, 0.2) is 42.6 Å². The van der Waals surface area contributed by atoms with E-state index in [-0.39, 0.29) is 12.5 Å². The first kappa shape index (κ1) is 17.7. The molecule has 2 amide bonds. The van der Waals surface area contributed by atoms with Crippen LogP contribution in [0, 0.1) is 0 Å². The Morgan fingerprint density at radius 2 is 1.92 bits per heavy atom. The molecule has 6 nitrogen and oxygen atoms in total. The minimum atomic E-state index is -0.547. The number of pyridine rings is 1. The summed E-state index contributed by atoms with van der Waals surface area (Å²) in [4.78, 5) is 27.3. The lowest BCUT2D eigenvalue weighted by Gasteiger charge is -2.07. The van der Waals surface area contributed by atoms with Gasteiger partial charge in [-0.25, -0.2) is 4.79 Å². The Morgan fingerprint density at radius 3 is 2.62 bits per heavy atom. The highest BCUT2D eigenvalue weighted by Crippen LogP contribution is 2.09. The van der Waals surface area contributed by atoms with E-state index in [1.165, 1.54) is 13.3 Å². The van der Waals surface area contributed by atoms with Gasteiger partial charge in [-0.2, -0.15) is 0 Å². The summed E-state index contributed by atoms with van der Waals surface area (Å²) in [6.07, 6.45) is 1.70. The molecule has 0 saturated carbocycles. The number of hydrogen-bond acceptors (Lipinski definition) is 4. The third-order valence-corrected chi connectivity index (χ3v) is 3.54. The Kier molecular flexibility index (Phi) is 6.57. The topological polar surface area (TPSA) is 80.3 Å². The highest BCUT2D eigenvalue weighted by molar-refractivity contribution is 6.30. The molecule has 0 aliphatic rings. The zero-order valence-corrected chi connectivity index (χ0v) is 14.0. The SMILES string of the molecule is COC(=O)NCc1cc(C(=O)NCCc2ccc(Cl)cc2)ccn1. The van der Waals surface area contributed by atoms with E-state index in [1.54, 1.807) is 12.1 Å². The Balaban J connectivity index is 1.85. The van der Waals surface area contributed by atoms with Crippen molar-refractivity contribution in [1.29, 1.82) is 0 Å². The first-order chi connectivity index (χ1) is 11.6. The van der Waals surface area contributed by atoms with Gasteiger partial charge in [0.25, 0.3) is 5.91 Å². The van der Waals surface area contributed by atoms with Gasteiger partial charge in [0, 0.05) is 23.3 Å². The van der Waals surface area contributed by atoms with Crippen LogP contribution in [-0.2, 0) is 17.7 Å². The maximum absolute atomic E-state index is 12.2. The predicted octanol–water partition coefficient (Wildman–Crippen LogP) is 2.56. The lowest BCUT2D eigenvalue weighted by Crippen LogP contribution is -2.26. The summed E-state index contributed by atoms with van der Waals surface area (Å²) >= 11 is 5.84. The number of halogens is 1. The predicted molar refractivity (Wildman–Crippen MR) is 91.0 cm³/mol. The summed E-state index contributed by atoms with van der Waals surface area (Å²) in [5, 5.41) is 6.06. The number of carbonyl (C=O) groups is 2. The zero-order chi connectivity index (χ0) is 17.4. The van der Waals surface area contributed by atoms with Crippen LogP contribution in [0.2, 0.25) is 5.02 Å². The molecule has 24 heavy (non-hydrogen) atoms. The van der Waals surface area contributed by atoms with Crippen LogP contribution in [0.25, 0.3) is 0 Å². The number of benzene rings is 1. The van der Waals surface area contributed by atoms with Gasteiger partial charge < -0.3 is 15.4 Å². The molecular formula is C17H18ClN3O3. The smallest absolute Gasteiger partial charge is 0.407 e. The fourth-order valence-electron chi connectivity index (χ4n) is 2.02. The first-order valence-corrected chi connectivity index (χ1v) is 7.75. The molecule has 2 aromatic rings. The van der Waals surface area contributed by atoms with Crippen LogP contribution in [0.3, 0.4) is 0 Å². The summed E-state index contributed by atoms with van der Waals surface area (Å²) in [6.45, 7) is 0.705. The number of hydrogen-bond donors (Lipinski definition) is 2. The molecular weight excluding hydrogens is 330 g/mol. The number of ether oxygens (including phenoxy) is 1. The fraction of sp³-hybridized carbons (Fsp3) is 0.235. The molecule has 0 aliphatic carbocycles. The van der Waals surface area contributed by atoms with Crippen molar-refractivity contribution in [2.45, 2.75) is 13.0 Å². The molecule has 0 saturated heterocycles. The van der Waals surface area contributed by atoms with Crippen molar-refractivity contribution in [1.82, 2.24) is 15.6 Å². The van der Waals surface area contributed by atoms with Gasteiger partial charge in [-0.15, -0.1) is 0 Å². The van der Waals surface area contributed by atoms with Crippen LogP contribution in [0.1, 0.15) is 21.6 Å². The van der Waals surface area contributed by atoms with E-state index in [0.29, 0.717) is 29.2 Å². The van der Waals surface area contributed by atoms with Gasteiger partial charge in [0.1, 0.15) is 0 Å². The second kappa shape index (κ2) is 8.88.